The summed E-state index contributed by atoms with van der Waals surface area (Å²) in [6.07, 6.45) is 2.27. The Labute approximate surface area is 118 Å². The van der Waals surface area contributed by atoms with Gasteiger partial charge < -0.3 is 9.84 Å². The minimum absolute atomic E-state index is 0.347. The summed E-state index contributed by atoms with van der Waals surface area (Å²) in [6.45, 7) is 1.59. The van der Waals surface area contributed by atoms with Crippen molar-refractivity contribution in [3.8, 4) is 11.5 Å². The van der Waals surface area contributed by atoms with Crippen LogP contribution in [0.2, 0.25) is 0 Å². The Hall–Kier alpha value is -2.55. The van der Waals surface area contributed by atoms with E-state index < -0.39 is 5.97 Å². The van der Waals surface area contributed by atoms with Gasteiger partial charge in [-0.05, 0) is 43.2 Å². The van der Waals surface area contributed by atoms with Crippen molar-refractivity contribution >= 4 is 5.97 Å². The molecule has 0 bridgehead atoms. The van der Waals surface area contributed by atoms with Gasteiger partial charge >= 0.3 is 5.97 Å². The van der Waals surface area contributed by atoms with E-state index >= 15 is 0 Å². The Morgan fingerprint density at radius 3 is 2.50 bits per heavy atom. The Kier molecular flexibility index (Phi) is 4.56. The topological polar surface area (TPSA) is 46.5 Å². The van der Waals surface area contributed by atoms with Crippen LogP contribution in [0.1, 0.15) is 12.5 Å². The number of allylic oxidation sites excluding steroid dienone is 1. The first-order valence-electron chi connectivity index (χ1n) is 6.37. The van der Waals surface area contributed by atoms with Crippen molar-refractivity contribution in [3.05, 3.63) is 71.8 Å². The molecule has 0 aromatic heterocycles. The number of hydrogen-bond acceptors (Lipinski definition) is 2. The summed E-state index contributed by atoms with van der Waals surface area (Å²) in [4.78, 5) is 10.7. The van der Waals surface area contributed by atoms with E-state index in [1.807, 2.05) is 54.6 Å². The molecule has 0 fully saturated rings. The van der Waals surface area contributed by atoms with Crippen molar-refractivity contribution in [2.24, 2.45) is 0 Å². The first-order valence-corrected chi connectivity index (χ1v) is 6.37. The average molecular weight is 268 g/mol. The van der Waals surface area contributed by atoms with Crippen LogP contribution in [0.25, 0.3) is 0 Å². The van der Waals surface area contributed by atoms with Crippen LogP contribution in [-0.2, 0) is 11.2 Å². The SMILES string of the molecule is CC(=CCc1cccc(Oc2ccccc2)c1)C(=O)O. The molecule has 0 amide bonds. The third-order valence-electron chi connectivity index (χ3n) is 2.86. The van der Waals surface area contributed by atoms with Crippen LogP contribution >= 0.6 is 0 Å². The number of carbonyl (C=O) groups is 1. The van der Waals surface area contributed by atoms with E-state index in [1.165, 1.54) is 0 Å². The van der Waals surface area contributed by atoms with Crippen LogP contribution in [0.3, 0.4) is 0 Å². The first kappa shape index (κ1) is 13.9. The summed E-state index contributed by atoms with van der Waals surface area (Å²) < 4.78 is 5.74. The Morgan fingerprint density at radius 1 is 1.10 bits per heavy atom. The average Bonchev–Trinajstić information content (AvgIpc) is 2.46. The second-order valence-corrected chi connectivity index (χ2v) is 4.46. The summed E-state index contributed by atoms with van der Waals surface area (Å²) in [5, 5.41) is 8.82. The van der Waals surface area contributed by atoms with E-state index in [-0.39, 0.29) is 0 Å². The Balaban J connectivity index is 2.08. The number of ether oxygens (including phenoxy) is 1. The van der Waals surface area contributed by atoms with Gasteiger partial charge in [-0.3, -0.25) is 0 Å². The number of benzene rings is 2. The molecule has 0 saturated carbocycles. The zero-order chi connectivity index (χ0) is 14.4. The van der Waals surface area contributed by atoms with Crippen molar-refractivity contribution in [2.75, 3.05) is 0 Å². The maximum Gasteiger partial charge on any atom is 0.330 e. The van der Waals surface area contributed by atoms with Gasteiger partial charge in [0.15, 0.2) is 0 Å². The summed E-state index contributed by atoms with van der Waals surface area (Å²) in [6, 6.07) is 17.2. The van der Waals surface area contributed by atoms with Crippen LogP contribution in [-0.4, -0.2) is 11.1 Å². The molecule has 0 aliphatic carbocycles. The number of aliphatic carboxylic acids is 1. The molecule has 2 rings (SSSR count). The molecule has 102 valence electrons. The predicted molar refractivity (Wildman–Crippen MR) is 78.1 cm³/mol. The van der Waals surface area contributed by atoms with E-state index in [1.54, 1.807) is 13.0 Å². The number of rotatable bonds is 5. The van der Waals surface area contributed by atoms with Crippen molar-refractivity contribution in [3.63, 3.8) is 0 Å². The fourth-order valence-electron chi connectivity index (χ4n) is 1.72. The van der Waals surface area contributed by atoms with Crippen molar-refractivity contribution < 1.29 is 14.6 Å². The van der Waals surface area contributed by atoms with E-state index in [0.29, 0.717) is 12.0 Å². The monoisotopic (exact) mass is 268 g/mol. The zero-order valence-corrected chi connectivity index (χ0v) is 11.2. The molecule has 20 heavy (non-hydrogen) atoms. The number of para-hydroxylation sites is 1. The van der Waals surface area contributed by atoms with E-state index in [4.69, 9.17) is 9.84 Å². The molecule has 0 saturated heterocycles. The van der Waals surface area contributed by atoms with Gasteiger partial charge in [0.25, 0.3) is 0 Å². The molecular weight excluding hydrogens is 252 g/mol. The van der Waals surface area contributed by atoms with Gasteiger partial charge in [-0.25, -0.2) is 4.79 Å². The molecule has 0 spiro atoms. The molecule has 2 aromatic rings. The molecule has 0 unspecified atom stereocenters. The highest BCUT2D eigenvalue weighted by molar-refractivity contribution is 5.85. The fourth-order valence-corrected chi connectivity index (χ4v) is 1.72. The van der Waals surface area contributed by atoms with Gasteiger partial charge in [-0.15, -0.1) is 0 Å². The first-order chi connectivity index (χ1) is 9.65. The molecule has 3 nitrogen and oxygen atoms in total. The van der Waals surface area contributed by atoms with E-state index in [2.05, 4.69) is 0 Å². The molecule has 3 heteroatoms. The van der Waals surface area contributed by atoms with Crippen molar-refractivity contribution in [2.45, 2.75) is 13.3 Å². The van der Waals surface area contributed by atoms with Gasteiger partial charge in [0, 0.05) is 5.57 Å². The van der Waals surface area contributed by atoms with Gasteiger partial charge in [0.2, 0.25) is 0 Å². The molecule has 1 N–H and O–H groups in total. The molecule has 0 aliphatic rings. The lowest BCUT2D eigenvalue weighted by atomic mass is 10.1. The molecule has 0 heterocycles. The highest BCUT2D eigenvalue weighted by Crippen LogP contribution is 2.22. The quantitative estimate of drug-likeness (QED) is 0.832. The fraction of sp³-hybridized carbons (Fsp3) is 0.118. The highest BCUT2D eigenvalue weighted by atomic mass is 16.5. The lowest BCUT2D eigenvalue weighted by Crippen LogP contribution is -1.96. The predicted octanol–water partition coefficient (Wildman–Crippen LogP) is 4.05. The molecule has 0 radical (unpaired) electrons. The second-order valence-electron chi connectivity index (χ2n) is 4.46. The third kappa shape index (κ3) is 3.99. The van der Waals surface area contributed by atoms with E-state index in [0.717, 1.165) is 17.1 Å². The summed E-state index contributed by atoms with van der Waals surface area (Å²) >= 11 is 0. The molecule has 0 atom stereocenters. The highest BCUT2D eigenvalue weighted by Gasteiger charge is 2.01. The summed E-state index contributed by atoms with van der Waals surface area (Å²) in [5.74, 6) is 0.638. The molecule has 0 aliphatic heterocycles. The largest absolute Gasteiger partial charge is 0.478 e. The minimum Gasteiger partial charge on any atom is -0.478 e. The number of hydrogen-bond donors (Lipinski definition) is 1. The van der Waals surface area contributed by atoms with E-state index in [9.17, 15) is 4.79 Å². The van der Waals surface area contributed by atoms with Crippen LogP contribution in [0.4, 0.5) is 0 Å². The van der Waals surface area contributed by atoms with Crippen molar-refractivity contribution in [1.82, 2.24) is 0 Å². The van der Waals surface area contributed by atoms with Gasteiger partial charge in [-0.2, -0.15) is 0 Å². The number of carboxylic acids is 1. The van der Waals surface area contributed by atoms with Crippen LogP contribution in [0.15, 0.2) is 66.2 Å². The van der Waals surface area contributed by atoms with Gasteiger partial charge in [0.05, 0.1) is 0 Å². The van der Waals surface area contributed by atoms with Crippen LogP contribution in [0.5, 0.6) is 11.5 Å². The summed E-state index contributed by atoms with van der Waals surface area (Å²) in [7, 11) is 0. The smallest absolute Gasteiger partial charge is 0.330 e. The molecular formula is C17H16O3. The van der Waals surface area contributed by atoms with Crippen LogP contribution < -0.4 is 4.74 Å². The summed E-state index contributed by atoms with van der Waals surface area (Å²) in [5.41, 5.74) is 1.36. The Morgan fingerprint density at radius 2 is 1.80 bits per heavy atom. The Bertz CT molecular complexity index is 615. The van der Waals surface area contributed by atoms with Crippen molar-refractivity contribution in [1.29, 1.82) is 0 Å². The maximum atomic E-state index is 10.7. The lowest BCUT2D eigenvalue weighted by molar-refractivity contribution is -0.132. The second kappa shape index (κ2) is 6.57. The van der Waals surface area contributed by atoms with Gasteiger partial charge in [0.1, 0.15) is 11.5 Å². The minimum atomic E-state index is -0.887. The maximum absolute atomic E-state index is 10.7. The standard InChI is InChI=1S/C17H16O3/c1-13(17(18)19)10-11-14-6-5-9-16(12-14)20-15-7-3-2-4-8-15/h2-10,12H,11H2,1H3,(H,18,19). The molecule has 2 aromatic carbocycles. The van der Waals surface area contributed by atoms with Gasteiger partial charge in [-0.1, -0.05) is 36.4 Å². The number of carboxylic acid groups (broad SMARTS) is 1. The lowest BCUT2D eigenvalue weighted by Gasteiger charge is -2.06. The zero-order valence-electron chi connectivity index (χ0n) is 11.2. The third-order valence-corrected chi connectivity index (χ3v) is 2.86. The normalized spacial score (nSPS) is 11.2. The van der Waals surface area contributed by atoms with Crippen LogP contribution in [0, 0.1) is 0 Å².